The third-order valence-corrected chi connectivity index (χ3v) is 3.48. The summed E-state index contributed by atoms with van der Waals surface area (Å²) in [7, 11) is 6.34. The second kappa shape index (κ2) is 7.12. The average Bonchev–Trinajstić information content (AvgIpc) is 2.28. The van der Waals surface area contributed by atoms with E-state index in [1.165, 1.54) is 11.3 Å². The average molecular weight is 314 g/mol. The molecule has 1 atom stereocenters. The number of nitrogens with two attached hydrogens (primary N) is 1. The lowest BCUT2D eigenvalue weighted by Crippen LogP contribution is -2.25. The zero-order valence-electron chi connectivity index (χ0n) is 11.8. The second-order valence-corrected chi connectivity index (χ2v) is 5.99. The first-order chi connectivity index (χ1) is 8.41. The number of halogens is 1. The van der Waals surface area contributed by atoms with Crippen molar-refractivity contribution in [2.24, 2.45) is 5.73 Å². The van der Waals surface area contributed by atoms with Gasteiger partial charge in [0, 0.05) is 29.8 Å². The van der Waals surface area contributed by atoms with Crippen molar-refractivity contribution in [3.8, 4) is 0 Å². The Morgan fingerprint density at radius 2 is 1.89 bits per heavy atom. The van der Waals surface area contributed by atoms with Crippen molar-refractivity contribution in [2.45, 2.75) is 19.4 Å². The van der Waals surface area contributed by atoms with Crippen molar-refractivity contribution >= 4 is 21.6 Å². The minimum Gasteiger partial charge on any atom is -0.374 e. The summed E-state index contributed by atoms with van der Waals surface area (Å²) in [6.45, 7) is 4.17. The molecule has 0 radical (unpaired) electrons. The molecule has 0 aliphatic heterocycles. The molecule has 4 heteroatoms. The fourth-order valence-electron chi connectivity index (χ4n) is 1.98. The fraction of sp³-hybridized carbons (Fsp3) is 0.571. The molecule has 0 saturated heterocycles. The maximum absolute atomic E-state index is 6.04. The molecule has 0 aliphatic carbocycles. The molecular formula is C14H24BrN3. The molecule has 0 saturated carbocycles. The standard InChI is InChI=1S/C14H24BrN3/c1-11(16)13-10-12(15)6-7-14(13)18(4)9-5-8-17(2)3/h6-7,10-11H,5,8-9,16H2,1-4H3. The molecule has 0 heterocycles. The molecule has 2 N–H and O–H groups in total. The highest BCUT2D eigenvalue weighted by atomic mass is 79.9. The Hall–Kier alpha value is -0.580. The van der Waals surface area contributed by atoms with E-state index >= 15 is 0 Å². The monoisotopic (exact) mass is 313 g/mol. The fourth-order valence-corrected chi connectivity index (χ4v) is 2.36. The molecule has 18 heavy (non-hydrogen) atoms. The molecule has 1 aromatic carbocycles. The molecule has 102 valence electrons. The molecule has 1 rings (SSSR count). The lowest BCUT2D eigenvalue weighted by molar-refractivity contribution is 0.401. The van der Waals surface area contributed by atoms with Crippen LogP contribution in [-0.2, 0) is 0 Å². The van der Waals surface area contributed by atoms with E-state index in [0.29, 0.717) is 0 Å². The van der Waals surface area contributed by atoms with E-state index in [-0.39, 0.29) is 6.04 Å². The van der Waals surface area contributed by atoms with E-state index < -0.39 is 0 Å². The summed E-state index contributed by atoms with van der Waals surface area (Å²) in [4.78, 5) is 4.50. The number of benzene rings is 1. The normalized spacial score (nSPS) is 12.8. The van der Waals surface area contributed by atoms with Crippen molar-refractivity contribution in [3.63, 3.8) is 0 Å². The predicted molar refractivity (Wildman–Crippen MR) is 83.2 cm³/mol. The number of nitrogens with zero attached hydrogens (tertiary/aromatic N) is 2. The van der Waals surface area contributed by atoms with E-state index in [9.17, 15) is 0 Å². The number of anilines is 1. The first-order valence-electron chi connectivity index (χ1n) is 6.32. The molecule has 0 fully saturated rings. The van der Waals surface area contributed by atoms with Crippen molar-refractivity contribution in [3.05, 3.63) is 28.2 Å². The molecule has 3 nitrogen and oxygen atoms in total. The van der Waals surface area contributed by atoms with E-state index in [4.69, 9.17) is 5.73 Å². The lowest BCUT2D eigenvalue weighted by Gasteiger charge is -2.25. The highest BCUT2D eigenvalue weighted by Gasteiger charge is 2.11. The summed E-state index contributed by atoms with van der Waals surface area (Å²) in [6.07, 6.45) is 1.15. The van der Waals surface area contributed by atoms with Crippen LogP contribution in [0.1, 0.15) is 24.9 Å². The molecule has 0 spiro atoms. The quantitative estimate of drug-likeness (QED) is 0.876. The molecule has 1 unspecified atom stereocenters. The van der Waals surface area contributed by atoms with Gasteiger partial charge in [0.05, 0.1) is 0 Å². The van der Waals surface area contributed by atoms with Crippen LogP contribution >= 0.6 is 15.9 Å². The van der Waals surface area contributed by atoms with Crippen LogP contribution in [0.25, 0.3) is 0 Å². The molecule has 0 bridgehead atoms. The third kappa shape index (κ3) is 4.59. The zero-order valence-corrected chi connectivity index (χ0v) is 13.4. The van der Waals surface area contributed by atoms with Crippen LogP contribution in [0.4, 0.5) is 5.69 Å². The van der Waals surface area contributed by atoms with Crippen LogP contribution in [0.2, 0.25) is 0 Å². The Morgan fingerprint density at radius 3 is 2.44 bits per heavy atom. The topological polar surface area (TPSA) is 32.5 Å². The van der Waals surface area contributed by atoms with Gasteiger partial charge < -0.3 is 15.5 Å². The largest absolute Gasteiger partial charge is 0.374 e. The maximum atomic E-state index is 6.04. The van der Waals surface area contributed by atoms with E-state index in [2.05, 4.69) is 65.1 Å². The highest BCUT2D eigenvalue weighted by Crippen LogP contribution is 2.27. The van der Waals surface area contributed by atoms with E-state index in [0.717, 1.165) is 24.0 Å². The van der Waals surface area contributed by atoms with Gasteiger partial charge in [0.15, 0.2) is 0 Å². The number of rotatable bonds is 6. The van der Waals surface area contributed by atoms with Crippen LogP contribution in [0.5, 0.6) is 0 Å². The Bertz CT molecular complexity index is 377. The lowest BCUT2D eigenvalue weighted by atomic mass is 10.1. The van der Waals surface area contributed by atoms with Crippen molar-refractivity contribution in [1.82, 2.24) is 4.90 Å². The molecule has 1 aromatic rings. The third-order valence-electron chi connectivity index (χ3n) is 2.99. The van der Waals surface area contributed by atoms with Gasteiger partial charge in [-0.05, 0) is 57.7 Å². The van der Waals surface area contributed by atoms with Crippen molar-refractivity contribution in [2.75, 3.05) is 39.1 Å². The smallest absolute Gasteiger partial charge is 0.0412 e. The van der Waals surface area contributed by atoms with Gasteiger partial charge in [-0.1, -0.05) is 15.9 Å². The summed E-state index contributed by atoms with van der Waals surface area (Å²) in [6, 6.07) is 6.37. The summed E-state index contributed by atoms with van der Waals surface area (Å²) < 4.78 is 1.08. The SMILES string of the molecule is CC(N)c1cc(Br)ccc1N(C)CCCN(C)C. The van der Waals surface area contributed by atoms with Gasteiger partial charge in [0.25, 0.3) is 0 Å². The van der Waals surface area contributed by atoms with Crippen LogP contribution in [0.15, 0.2) is 22.7 Å². The summed E-state index contributed by atoms with van der Waals surface area (Å²) in [5.41, 5.74) is 8.46. The molecule has 0 aromatic heterocycles. The Kier molecular flexibility index (Phi) is 6.12. The first-order valence-corrected chi connectivity index (χ1v) is 7.12. The molecule has 0 aliphatic rings. The van der Waals surface area contributed by atoms with Crippen LogP contribution in [0, 0.1) is 0 Å². The summed E-state index contributed by atoms with van der Waals surface area (Å²) >= 11 is 3.50. The van der Waals surface area contributed by atoms with Crippen LogP contribution < -0.4 is 10.6 Å². The minimum absolute atomic E-state index is 0.0498. The molecule has 0 amide bonds. The number of hydrogen-bond acceptors (Lipinski definition) is 3. The van der Waals surface area contributed by atoms with Crippen molar-refractivity contribution in [1.29, 1.82) is 0 Å². The first kappa shape index (κ1) is 15.5. The Labute approximate surface area is 119 Å². The van der Waals surface area contributed by atoms with Gasteiger partial charge in [0.1, 0.15) is 0 Å². The predicted octanol–water partition coefficient (Wildman–Crippen LogP) is 2.86. The molecular weight excluding hydrogens is 290 g/mol. The summed E-state index contributed by atoms with van der Waals surface area (Å²) in [5, 5.41) is 0. The van der Waals surface area contributed by atoms with Gasteiger partial charge in [0.2, 0.25) is 0 Å². The van der Waals surface area contributed by atoms with Crippen molar-refractivity contribution < 1.29 is 0 Å². The van der Waals surface area contributed by atoms with Crippen LogP contribution in [0.3, 0.4) is 0 Å². The van der Waals surface area contributed by atoms with Gasteiger partial charge in [-0.25, -0.2) is 0 Å². The maximum Gasteiger partial charge on any atom is 0.0412 e. The van der Waals surface area contributed by atoms with Gasteiger partial charge >= 0.3 is 0 Å². The zero-order chi connectivity index (χ0) is 13.7. The highest BCUT2D eigenvalue weighted by molar-refractivity contribution is 9.10. The van der Waals surface area contributed by atoms with Gasteiger partial charge in [-0.15, -0.1) is 0 Å². The Balaban J connectivity index is 2.75. The second-order valence-electron chi connectivity index (χ2n) is 5.07. The van der Waals surface area contributed by atoms with E-state index in [1.54, 1.807) is 0 Å². The minimum atomic E-state index is 0.0498. The van der Waals surface area contributed by atoms with Gasteiger partial charge in [-0.2, -0.15) is 0 Å². The Morgan fingerprint density at radius 1 is 1.22 bits per heavy atom. The van der Waals surface area contributed by atoms with Crippen LogP contribution in [-0.4, -0.2) is 39.1 Å². The number of hydrogen-bond donors (Lipinski definition) is 1. The van der Waals surface area contributed by atoms with Gasteiger partial charge in [-0.3, -0.25) is 0 Å². The summed E-state index contributed by atoms with van der Waals surface area (Å²) in [5.74, 6) is 0. The van der Waals surface area contributed by atoms with E-state index in [1.807, 2.05) is 6.92 Å².